The Kier molecular flexibility index (Phi) is 5.51. The number of anilines is 1. The molecule has 1 aromatic carbocycles. The van der Waals surface area contributed by atoms with Crippen LogP contribution in [0.15, 0.2) is 24.3 Å². The van der Waals surface area contributed by atoms with Gasteiger partial charge in [-0.2, -0.15) is 0 Å². The maximum absolute atomic E-state index is 11.6. The van der Waals surface area contributed by atoms with Gasteiger partial charge in [-0.25, -0.2) is 4.98 Å². The highest BCUT2D eigenvalue weighted by Crippen LogP contribution is 2.28. The highest BCUT2D eigenvalue weighted by Gasteiger charge is 2.24. The maximum atomic E-state index is 11.6. The minimum atomic E-state index is -0.281. The van der Waals surface area contributed by atoms with E-state index in [2.05, 4.69) is 41.0 Å². The minimum absolute atomic E-state index is 0.158. The molecular formula is C22H30N4O2. The van der Waals surface area contributed by atoms with Crippen molar-refractivity contribution in [2.75, 3.05) is 44.2 Å². The molecule has 3 heterocycles. The van der Waals surface area contributed by atoms with Crippen LogP contribution in [0, 0.1) is 6.92 Å². The van der Waals surface area contributed by atoms with Crippen LogP contribution in [0.25, 0.3) is 10.9 Å². The predicted octanol–water partition coefficient (Wildman–Crippen LogP) is 2.17. The van der Waals surface area contributed by atoms with Gasteiger partial charge in [-0.05, 0) is 38.0 Å². The number of aliphatic hydroxyl groups is 1. The summed E-state index contributed by atoms with van der Waals surface area (Å²) in [4.78, 5) is 23.2. The number of carbonyl (C=O) groups is 1. The molecule has 0 spiro atoms. The first-order chi connectivity index (χ1) is 13.5. The third kappa shape index (κ3) is 4.13. The van der Waals surface area contributed by atoms with Crippen LogP contribution in [0.4, 0.5) is 5.82 Å². The number of rotatable bonds is 3. The number of benzene rings is 1. The molecule has 28 heavy (non-hydrogen) atoms. The molecule has 2 saturated heterocycles. The summed E-state index contributed by atoms with van der Waals surface area (Å²) >= 11 is 0. The zero-order valence-corrected chi connectivity index (χ0v) is 16.9. The second kappa shape index (κ2) is 8.05. The normalized spacial score (nSPS) is 21.3. The van der Waals surface area contributed by atoms with Crippen molar-refractivity contribution in [1.82, 2.24) is 14.8 Å². The fourth-order valence-electron chi connectivity index (χ4n) is 4.33. The van der Waals surface area contributed by atoms with Crippen LogP contribution in [-0.4, -0.2) is 71.2 Å². The van der Waals surface area contributed by atoms with E-state index < -0.39 is 0 Å². The molecular weight excluding hydrogens is 352 g/mol. The van der Waals surface area contributed by atoms with Gasteiger partial charge in [-0.1, -0.05) is 11.6 Å². The zero-order valence-electron chi connectivity index (χ0n) is 16.9. The van der Waals surface area contributed by atoms with Gasteiger partial charge >= 0.3 is 0 Å². The van der Waals surface area contributed by atoms with Gasteiger partial charge in [0.25, 0.3) is 0 Å². The summed E-state index contributed by atoms with van der Waals surface area (Å²) < 4.78 is 0. The van der Waals surface area contributed by atoms with E-state index in [0.29, 0.717) is 6.54 Å². The smallest absolute Gasteiger partial charge is 0.219 e. The number of aromatic nitrogens is 1. The van der Waals surface area contributed by atoms with Crippen molar-refractivity contribution in [1.29, 1.82) is 0 Å². The molecule has 6 nitrogen and oxygen atoms in total. The number of carbonyl (C=O) groups excluding carboxylic acids is 1. The van der Waals surface area contributed by atoms with Crippen molar-refractivity contribution < 1.29 is 9.90 Å². The number of nitrogens with zero attached hydrogens (tertiary/aromatic N) is 4. The Morgan fingerprint density at radius 1 is 1.18 bits per heavy atom. The predicted molar refractivity (Wildman–Crippen MR) is 111 cm³/mol. The highest BCUT2D eigenvalue weighted by molar-refractivity contribution is 5.82. The molecule has 0 radical (unpaired) electrons. The van der Waals surface area contributed by atoms with Crippen molar-refractivity contribution in [3.05, 3.63) is 35.4 Å². The van der Waals surface area contributed by atoms with E-state index in [1.54, 1.807) is 6.92 Å². The largest absolute Gasteiger partial charge is 0.391 e. The second-order valence-corrected chi connectivity index (χ2v) is 8.19. The van der Waals surface area contributed by atoms with Crippen molar-refractivity contribution in [3.63, 3.8) is 0 Å². The number of pyridine rings is 1. The number of aliphatic hydroxyl groups excluding tert-OH is 1. The summed E-state index contributed by atoms with van der Waals surface area (Å²) in [5, 5.41) is 11.3. The van der Waals surface area contributed by atoms with Gasteiger partial charge in [0.1, 0.15) is 5.82 Å². The number of aryl methyl sites for hydroxylation is 1. The summed E-state index contributed by atoms with van der Waals surface area (Å²) in [6.07, 6.45) is 1.58. The Hall–Kier alpha value is -2.18. The van der Waals surface area contributed by atoms with E-state index in [1.807, 2.05) is 4.90 Å². The van der Waals surface area contributed by atoms with Gasteiger partial charge < -0.3 is 14.9 Å². The summed E-state index contributed by atoms with van der Waals surface area (Å²) in [6, 6.07) is 8.64. The van der Waals surface area contributed by atoms with Crippen LogP contribution in [-0.2, 0) is 11.3 Å². The molecule has 4 rings (SSSR count). The van der Waals surface area contributed by atoms with Crippen LogP contribution in [0.3, 0.4) is 0 Å². The molecule has 0 aliphatic carbocycles. The number of β-amino-alcohol motifs (C(OH)–C–C–N with tert-alkyl or cyclic N) is 1. The van der Waals surface area contributed by atoms with Crippen LogP contribution >= 0.6 is 0 Å². The first-order valence-electron chi connectivity index (χ1n) is 10.3. The van der Waals surface area contributed by atoms with Crippen LogP contribution < -0.4 is 4.90 Å². The quantitative estimate of drug-likeness (QED) is 0.882. The fraction of sp³-hybridized carbons (Fsp3) is 0.545. The van der Waals surface area contributed by atoms with Gasteiger partial charge in [0, 0.05) is 63.7 Å². The standard InChI is InChI=1S/C22H30N4O2/c1-16-5-6-21-18(12-16)13-19(14-24-8-10-25(11-9-24)17(2)27)22(23-21)26-7-3-4-20(28)15-26/h5-6,12-13,20,28H,3-4,7-11,14-15H2,1-2H3/t20-/m0/s1. The van der Waals surface area contributed by atoms with E-state index in [0.717, 1.165) is 63.4 Å². The van der Waals surface area contributed by atoms with E-state index in [9.17, 15) is 9.90 Å². The van der Waals surface area contributed by atoms with Gasteiger partial charge in [0.2, 0.25) is 5.91 Å². The zero-order chi connectivity index (χ0) is 19.7. The van der Waals surface area contributed by atoms with Crippen molar-refractivity contribution in [3.8, 4) is 0 Å². The molecule has 0 bridgehead atoms. The molecule has 150 valence electrons. The lowest BCUT2D eigenvalue weighted by atomic mass is 10.0. The number of amides is 1. The van der Waals surface area contributed by atoms with E-state index in [4.69, 9.17) is 4.98 Å². The molecule has 2 fully saturated rings. The number of piperazine rings is 1. The minimum Gasteiger partial charge on any atom is -0.391 e. The molecule has 0 unspecified atom stereocenters. The Morgan fingerprint density at radius 3 is 2.68 bits per heavy atom. The molecule has 1 N–H and O–H groups in total. The van der Waals surface area contributed by atoms with E-state index >= 15 is 0 Å². The third-order valence-electron chi connectivity index (χ3n) is 5.93. The summed E-state index contributed by atoms with van der Waals surface area (Å²) in [5.74, 6) is 1.16. The number of fused-ring (bicyclic) bond motifs is 1. The summed E-state index contributed by atoms with van der Waals surface area (Å²) in [5.41, 5.74) is 3.45. The molecule has 1 amide bonds. The monoisotopic (exact) mass is 382 g/mol. The summed E-state index contributed by atoms with van der Waals surface area (Å²) in [7, 11) is 0. The average molecular weight is 383 g/mol. The van der Waals surface area contributed by atoms with Gasteiger partial charge in [0.15, 0.2) is 0 Å². The Bertz CT molecular complexity index is 861. The fourth-order valence-corrected chi connectivity index (χ4v) is 4.33. The third-order valence-corrected chi connectivity index (χ3v) is 5.93. The van der Waals surface area contributed by atoms with Crippen molar-refractivity contribution in [2.24, 2.45) is 0 Å². The Labute approximate surface area is 166 Å². The Balaban J connectivity index is 1.62. The molecule has 2 aliphatic rings. The molecule has 1 atom stereocenters. The molecule has 2 aliphatic heterocycles. The second-order valence-electron chi connectivity index (χ2n) is 8.19. The Morgan fingerprint density at radius 2 is 1.96 bits per heavy atom. The van der Waals surface area contributed by atoms with Gasteiger partial charge in [-0.3, -0.25) is 9.69 Å². The molecule has 0 saturated carbocycles. The SMILES string of the molecule is CC(=O)N1CCN(Cc2cc3cc(C)ccc3nc2N2CCC[C@H](O)C2)CC1. The lowest BCUT2D eigenvalue weighted by molar-refractivity contribution is -0.130. The number of piperidine rings is 1. The van der Waals surface area contributed by atoms with Crippen molar-refractivity contribution in [2.45, 2.75) is 39.3 Å². The highest BCUT2D eigenvalue weighted by atomic mass is 16.3. The lowest BCUT2D eigenvalue weighted by Crippen LogP contribution is -2.47. The number of hydrogen-bond acceptors (Lipinski definition) is 5. The number of hydrogen-bond donors (Lipinski definition) is 1. The lowest BCUT2D eigenvalue weighted by Gasteiger charge is -2.36. The first-order valence-corrected chi connectivity index (χ1v) is 10.3. The van der Waals surface area contributed by atoms with Crippen LogP contribution in [0.1, 0.15) is 30.9 Å². The van der Waals surface area contributed by atoms with E-state index in [-0.39, 0.29) is 12.0 Å². The van der Waals surface area contributed by atoms with Crippen LogP contribution in [0.2, 0.25) is 0 Å². The average Bonchev–Trinajstić information content (AvgIpc) is 2.68. The van der Waals surface area contributed by atoms with Gasteiger partial charge in [0.05, 0.1) is 11.6 Å². The van der Waals surface area contributed by atoms with Crippen LogP contribution in [0.5, 0.6) is 0 Å². The van der Waals surface area contributed by atoms with Gasteiger partial charge in [-0.15, -0.1) is 0 Å². The van der Waals surface area contributed by atoms with E-state index in [1.165, 1.54) is 16.5 Å². The molecule has 1 aromatic heterocycles. The molecule has 2 aromatic rings. The first kappa shape index (κ1) is 19.2. The summed E-state index contributed by atoms with van der Waals surface area (Å²) in [6.45, 7) is 9.49. The topological polar surface area (TPSA) is 59.9 Å². The maximum Gasteiger partial charge on any atom is 0.219 e. The molecule has 6 heteroatoms. The van der Waals surface area contributed by atoms with Crippen molar-refractivity contribution >= 4 is 22.6 Å².